The predicted molar refractivity (Wildman–Crippen MR) is 75.3 cm³/mol. The van der Waals surface area contributed by atoms with Crippen LogP contribution >= 0.6 is 15.9 Å². The lowest BCUT2D eigenvalue weighted by molar-refractivity contribution is 0.513. The third kappa shape index (κ3) is 2.72. The first-order valence-corrected chi connectivity index (χ1v) is 6.96. The normalized spacial score (nSPS) is 11.2. The Kier molecular flexibility index (Phi) is 4.24. The van der Waals surface area contributed by atoms with Crippen molar-refractivity contribution in [3.05, 3.63) is 34.0 Å². The number of fused-ring (bicyclic) bond motifs is 1. The van der Waals surface area contributed by atoms with Crippen molar-refractivity contribution in [2.24, 2.45) is 0 Å². The lowest BCUT2D eigenvalue weighted by Crippen LogP contribution is -2.12. The van der Waals surface area contributed by atoms with E-state index in [1.807, 2.05) is 12.1 Å². The molecule has 0 saturated carbocycles. The van der Waals surface area contributed by atoms with Crippen molar-refractivity contribution in [3.63, 3.8) is 0 Å². The van der Waals surface area contributed by atoms with E-state index in [1.54, 1.807) is 0 Å². The molecule has 0 unspecified atom stereocenters. The Hall–Kier alpha value is -0.800. The highest BCUT2D eigenvalue weighted by Gasteiger charge is 2.13. The molecule has 2 aromatic rings. The maximum atomic E-state index is 5.93. The van der Waals surface area contributed by atoms with Gasteiger partial charge in [0.05, 0.1) is 6.54 Å². The van der Waals surface area contributed by atoms with E-state index in [4.69, 9.17) is 4.42 Å². The zero-order valence-corrected chi connectivity index (χ0v) is 11.9. The van der Waals surface area contributed by atoms with E-state index in [-0.39, 0.29) is 0 Å². The molecule has 0 spiro atoms. The average molecular weight is 296 g/mol. The van der Waals surface area contributed by atoms with Crippen molar-refractivity contribution in [1.82, 2.24) is 5.32 Å². The first-order chi connectivity index (χ1) is 8.26. The number of furan rings is 1. The molecular formula is C14H18BrNO. The van der Waals surface area contributed by atoms with Crippen molar-refractivity contribution in [1.29, 1.82) is 0 Å². The van der Waals surface area contributed by atoms with Crippen molar-refractivity contribution in [3.8, 4) is 0 Å². The summed E-state index contributed by atoms with van der Waals surface area (Å²) < 4.78 is 7.03. The summed E-state index contributed by atoms with van der Waals surface area (Å²) in [5.74, 6) is 1.09. The van der Waals surface area contributed by atoms with Crippen LogP contribution < -0.4 is 5.32 Å². The molecule has 0 bridgehead atoms. The Labute approximate surface area is 111 Å². The molecule has 2 nitrogen and oxygen atoms in total. The van der Waals surface area contributed by atoms with E-state index in [0.717, 1.165) is 41.7 Å². The zero-order chi connectivity index (χ0) is 12.3. The van der Waals surface area contributed by atoms with E-state index in [9.17, 15) is 0 Å². The Morgan fingerprint density at radius 1 is 1.29 bits per heavy atom. The average Bonchev–Trinajstić information content (AvgIpc) is 2.65. The second-order valence-electron chi connectivity index (χ2n) is 4.17. The number of benzene rings is 1. The maximum Gasteiger partial charge on any atom is 0.134 e. The van der Waals surface area contributed by atoms with Gasteiger partial charge in [-0.3, -0.25) is 0 Å². The number of halogens is 1. The minimum absolute atomic E-state index is 0.818. The Balaban J connectivity index is 2.46. The van der Waals surface area contributed by atoms with E-state index in [2.05, 4.69) is 41.2 Å². The van der Waals surface area contributed by atoms with Gasteiger partial charge in [0.2, 0.25) is 0 Å². The fraction of sp³-hybridized carbons (Fsp3) is 0.429. The fourth-order valence-corrected chi connectivity index (χ4v) is 2.44. The minimum Gasteiger partial charge on any atom is -0.459 e. The largest absolute Gasteiger partial charge is 0.459 e. The quantitative estimate of drug-likeness (QED) is 0.892. The fourth-order valence-electron chi connectivity index (χ4n) is 2.08. The van der Waals surface area contributed by atoms with Gasteiger partial charge in [0, 0.05) is 15.4 Å². The number of aryl methyl sites for hydroxylation is 1. The molecule has 92 valence electrons. The summed E-state index contributed by atoms with van der Waals surface area (Å²) in [6, 6.07) is 6.21. The lowest BCUT2D eigenvalue weighted by atomic mass is 10.1. The molecule has 0 aliphatic heterocycles. The molecule has 2 rings (SSSR count). The molecule has 3 heteroatoms. The number of hydrogen-bond donors (Lipinski definition) is 1. The molecule has 0 radical (unpaired) electrons. The number of rotatable bonds is 5. The molecule has 1 aromatic heterocycles. The summed E-state index contributed by atoms with van der Waals surface area (Å²) in [4.78, 5) is 0. The second kappa shape index (κ2) is 5.69. The van der Waals surface area contributed by atoms with Gasteiger partial charge >= 0.3 is 0 Å². The topological polar surface area (TPSA) is 25.2 Å². The first-order valence-electron chi connectivity index (χ1n) is 6.16. The van der Waals surface area contributed by atoms with Crippen LogP contribution in [0.4, 0.5) is 0 Å². The van der Waals surface area contributed by atoms with E-state index >= 15 is 0 Å². The summed E-state index contributed by atoms with van der Waals surface area (Å²) in [6.07, 6.45) is 2.21. The number of hydrogen-bond acceptors (Lipinski definition) is 2. The van der Waals surface area contributed by atoms with Gasteiger partial charge in [-0.2, -0.15) is 0 Å². The molecule has 0 saturated heterocycles. The van der Waals surface area contributed by atoms with Gasteiger partial charge in [0.1, 0.15) is 11.3 Å². The SMILES string of the molecule is CCCc1c(CNCC)oc2ccc(Br)cc12. The molecule has 17 heavy (non-hydrogen) atoms. The second-order valence-corrected chi connectivity index (χ2v) is 5.09. The van der Waals surface area contributed by atoms with Crippen LogP contribution in [0.3, 0.4) is 0 Å². The highest BCUT2D eigenvalue weighted by Crippen LogP contribution is 2.29. The van der Waals surface area contributed by atoms with Crippen LogP contribution in [0.15, 0.2) is 27.1 Å². The van der Waals surface area contributed by atoms with Gasteiger partial charge in [-0.05, 0) is 31.2 Å². The third-order valence-electron chi connectivity index (χ3n) is 2.87. The predicted octanol–water partition coefficient (Wildman–Crippen LogP) is 4.26. The zero-order valence-electron chi connectivity index (χ0n) is 10.3. The summed E-state index contributed by atoms with van der Waals surface area (Å²) in [6.45, 7) is 6.09. The van der Waals surface area contributed by atoms with Crippen LogP contribution in [0.5, 0.6) is 0 Å². The van der Waals surface area contributed by atoms with Crippen LogP contribution in [0, 0.1) is 0 Å². The highest BCUT2D eigenvalue weighted by atomic mass is 79.9. The van der Waals surface area contributed by atoms with Crippen LogP contribution in [-0.4, -0.2) is 6.54 Å². The minimum atomic E-state index is 0.818. The number of nitrogens with one attached hydrogen (secondary N) is 1. The maximum absolute atomic E-state index is 5.93. The van der Waals surface area contributed by atoms with Gasteiger partial charge in [-0.1, -0.05) is 36.2 Å². The van der Waals surface area contributed by atoms with Crippen molar-refractivity contribution in [2.45, 2.75) is 33.2 Å². The van der Waals surface area contributed by atoms with E-state index in [1.165, 1.54) is 10.9 Å². The molecule has 1 aromatic carbocycles. The van der Waals surface area contributed by atoms with Gasteiger partial charge in [-0.25, -0.2) is 0 Å². The van der Waals surface area contributed by atoms with Crippen LogP contribution in [0.2, 0.25) is 0 Å². The molecule has 0 aliphatic rings. The summed E-state index contributed by atoms with van der Waals surface area (Å²) in [7, 11) is 0. The highest BCUT2D eigenvalue weighted by molar-refractivity contribution is 9.10. The molecule has 1 N–H and O–H groups in total. The van der Waals surface area contributed by atoms with Crippen molar-refractivity contribution >= 4 is 26.9 Å². The van der Waals surface area contributed by atoms with Gasteiger partial charge < -0.3 is 9.73 Å². The molecular weight excluding hydrogens is 278 g/mol. The molecule has 0 atom stereocenters. The van der Waals surface area contributed by atoms with Gasteiger partial charge in [0.15, 0.2) is 0 Å². The Bertz CT molecular complexity index is 504. The van der Waals surface area contributed by atoms with Crippen LogP contribution in [-0.2, 0) is 13.0 Å². The summed E-state index contributed by atoms with van der Waals surface area (Å²) in [5, 5.41) is 4.58. The standard InChI is InChI=1S/C14H18BrNO/c1-3-5-11-12-8-10(15)6-7-13(12)17-14(11)9-16-4-2/h6-8,16H,3-5,9H2,1-2H3. The first kappa shape index (κ1) is 12.7. The van der Waals surface area contributed by atoms with Crippen LogP contribution in [0.25, 0.3) is 11.0 Å². The molecule has 1 heterocycles. The van der Waals surface area contributed by atoms with Crippen molar-refractivity contribution in [2.75, 3.05) is 6.54 Å². The lowest BCUT2D eigenvalue weighted by Gasteiger charge is -2.02. The van der Waals surface area contributed by atoms with E-state index < -0.39 is 0 Å². The molecule has 0 aliphatic carbocycles. The van der Waals surface area contributed by atoms with E-state index in [0.29, 0.717) is 0 Å². The monoisotopic (exact) mass is 295 g/mol. The van der Waals surface area contributed by atoms with Gasteiger partial charge in [-0.15, -0.1) is 0 Å². The third-order valence-corrected chi connectivity index (χ3v) is 3.37. The van der Waals surface area contributed by atoms with Gasteiger partial charge in [0.25, 0.3) is 0 Å². The summed E-state index contributed by atoms with van der Waals surface area (Å²) >= 11 is 3.52. The smallest absolute Gasteiger partial charge is 0.134 e. The molecule has 0 amide bonds. The van der Waals surface area contributed by atoms with Crippen molar-refractivity contribution < 1.29 is 4.42 Å². The Morgan fingerprint density at radius 2 is 2.12 bits per heavy atom. The summed E-state index contributed by atoms with van der Waals surface area (Å²) in [5.41, 5.74) is 2.34. The Morgan fingerprint density at radius 3 is 2.82 bits per heavy atom. The van der Waals surface area contributed by atoms with Crippen LogP contribution in [0.1, 0.15) is 31.6 Å². The molecule has 0 fully saturated rings.